The molecule has 0 aliphatic rings. The number of hydrogen-bond acceptors (Lipinski definition) is 7. The smallest absolute Gasteiger partial charge is 0.343 e. The zero-order valence-corrected chi connectivity index (χ0v) is 20.5. The van der Waals surface area contributed by atoms with E-state index in [1.165, 1.54) is 7.11 Å². The minimum Gasteiger partial charge on any atom is -0.506 e. The Bertz CT molecular complexity index is 1230. The third-order valence-electron chi connectivity index (χ3n) is 5.75. The van der Waals surface area contributed by atoms with E-state index in [1.54, 1.807) is 38.3 Å². The first-order valence-corrected chi connectivity index (χ1v) is 11.5. The minimum atomic E-state index is -0.824. The lowest BCUT2D eigenvalue weighted by Crippen LogP contribution is -2.29. The summed E-state index contributed by atoms with van der Waals surface area (Å²) < 4.78 is 15.3. The predicted molar refractivity (Wildman–Crippen MR) is 134 cm³/mol. The SMILES string of the molecule is CCOC(=O)c1c[nH]c(=O)c(C(CC(=O)NCCc2ccc(OC)cc2)c2ccc(OC)cc2)c1O. The van der Waals surface area contributed by atoms with Gasteiger partial charge in [0, 0.05) is 25.1 Å². The first-order chi connectivity index (χ1) is 17.4. The molecule has 0 saturated heterocycles. The number of aromatic nitrogens is 1. The number of nitrogens with one attached hydrogen (secondary N) is 2. The number of aromatic hydroxyl groups is 1. The van der Waals surface area contributed by atoms with Crippen molar-refractivity contribution in [2.45, 2.75) is 25.7 Å². The molecule has 0 spiro atoms. The number of H-pyrrole nitrogens is 1. The molecule has 0 aliphatic heterocycles. The molecule has 1 atom stereocenters. The third-order valence-corrected chi connectivity index (χ3v) is 5.75. The lowest BCUT2D eigenvalue weighted by molar-refractivity contribution is -0.121. The monoisotopic (exact) mass is 494 g/mol. The van der Waals surface area contributed by atoms with Gasteiger partial charge in [-0.1, -0.05) is 24.3 Å². The largest absolute Gasteiger partial charge is 0.506 e. The predicted octanol–water partition coefficient (Wildman–Crippen LogP) is 3.16. The second-order valence-electron chi connectivity index (χ2n) is 7.99. The number of aromatic amines is 1. The van der Waals surface area contributed by atoms with Crippen LogP contribution in [0.1, 0.15) is 46.3 Å². The number of hydrogen-bond donors (Lipinski definition) is 3. The lowest BCUT2D eigenvalue weighted by Gasteiger charge is -2.19. The van der Waals surface area contributed by atoms with Gasteiger partial charge in [0.1, 0.15) is 22.8 Å². The summed E-state index contributed by atoms with van der Waals surface area (Å²) in [5.41, 5.74) is 0.759. The Morgan fingerprint density at radius 2 is 1.61 bits per heavy atom. The number of amides is 1. The first kappa shape index (κ1) is 26.3. The van der Waals surface area contributed by atoms with Crippen molar-refractivity contribution in [3.63, 3.8) is 0 Å². The maximum absolute atomic E-state index is 12.9. The Kier molecular flexibility index (Phi) is 9.10. The van der Waals surface area contributed by atoms with E-state index in [9.17, 15) is 19.5 Å². The van der Waals surface area contributed by atoms with Crippen LogP contribution < -0.4 is 20.3 Å². The maximum Gasteiger partial charge on any atom is 0.343 e. The number of carbonyl (C=O) groups excluding carboxylic acids is 2. The highest BCUT2D eigenvalue weighted by atomic mass is 16.5. The van der Waals surface area contributed by atoms with Crippen LogP contribution in [0.2, 0.25) is 0 Å². The molecular weight excluding hydrogens is 464 g/mol. The van der Waals surface area contributed by atoms with E-state index < -0.39 is 23.2 Å². The van der Waals surface area contributed by atoms with Crippen LogP contribution in [-0.2, 0) is 16.0 Å². The molecule has 3 N–H and O–H groups in total. The molecule has 9 nitrogen and oxygen atoms in total. The Morgan fingerprint density at radius 1 is 1.00 bits per heavy atom. The third kappa shape index (κ3) is 6.44. The summed E-state index contributed by atoms with van der Waals surface area (Å²) in [7, 11) is 3.13. The Hall–Kier alpha value is -4.27. The van der Waals surface area contributed by atoms with Gasteiger partial charge >= 0.3 is 5.97 Å². The van der Waals surface area contributed by atoms with Gasteiger partial charge in [0.2, 0.25) is 5.91 Å². The summed E-state index contributed by atoms with van der Waals surface area (Å²) in [6, 6.07) is 14.4. The van der Waals surface area contributed by atoms with Gasteiger partial charge in [-0.15, -0.1) is 0 Å². The minimum absolute atomic E-state index is 0.0870. The average molecular weight is 495 g/mol. The molecule has 1 unspecified atom stereocenters. The van der Waals surface area contributed by atoms with Crippen molar-refractivity contribution in [2.24, 2.45) is 0 Å². The second kappa shape index (κ2) is 12.4. The van der Waals surface area contributed by atoms with Gasteiger partial charge in [-0.3, -0.25) is 9.59 Å². The summed E-state index contributed by atoms with van der Waals surface area (Å²) in [6.07, 6.45) is 1.59. The van der Waals surface area contributed by atoms with Crippen LogP contribution in [0.3, 0.4) is 0 Å². The van der Waals surface area contributed by atoms with Gasteiger partial charge in [-0.05, 0) is 48.7 Å². The van der Waals surface area contributed by atoms with Crippen LogP contribution in [0.25, 0.3) is 0 Å². The molecule has 3 aromatic rings. The van der Waals surface area contributed by atoms with Crippen molar-refractivity contribution in [2.75, 3.05) is 27.4 Å². The molecule has 190 valence electrons. The van der Waals surface area contributed by atoms with Gasteiger partial charge in [-0.25, -0.2) is 4.79 Å². The Labute approximate surface area is 209 Å². The fraction of sp³-hybridized carbons (Fsp3) is 0.296. The van der Waals surface area contributed by atoms with Crippen molar-refractivity contribution in [3.05, 3.63) is 87.3 Å². The number of methoxy groups -OCH3 is 2. The van der Waals surface area contributed by atoms with E-state index >= 15 is 0 Å². The molecule has 0 aliphatic carbocycles. The van der Waals surface area contributed by atoms with E-state index in [0.29, 0.717) is 24.3 Å². The number of ether oxygens (including phenoxy) is 3. The van der Waals surface area contributed by atoms with Gasteiger partial charge in [0.05, 0.1) is 26.4 Å². The standard InChI is InChI=1S/C27H30N2O7/c1-4-36-27(33)22-16-29-26(32)24(25(22)31)21(18-7-11-20(35-3)12-8-18)15-23(30)28-14-13-17-5-9-19(34-2)10-6-17/h5-12,16,21H,4,13-15H2,1-3H3,(H,28,30)(H2,29,31,32). The first-order valence-electron chi connectivity index (χ1n) is 11.5. The van der Waals surface area contributed by atoms with E-state index in [2.05, 4.69) is 10.3 Å². The van der Waals surface area contributed by atoms with Crippen molar-refractivity contribution in [1.29, 1.82) is 0 Å². The molecule has 0 radical (unpaired) electrons. The highest BCUT2D eigenvalue weighted by Gasteiger charge is 2.28. The number of esters is 1. The highest BCUT2D eigenvalue weighted by Crippen LogP contribution is 2.34. The molecule has 0 saturated carbocycles. The van der Waals surface area contributed by atoms with Crippen LogP contribution in [-0.4, -0.2) is 49.3 Å². The maximum atomic E-state index is 12.9. The van der Waals surface area contributed by atoms with Gasteiger partial charge in [0.25, 0.3) is 5.56 Å². The van der Waals surface area contributed by atoms with E-state index in [0.717, 1.165) is 17.5 Å². The summed E-state index contributed by atoms with van der Waals surface area (Å²) >= 11 is 0. The molecule has 0 fully saturated rings. The lowest BCUT2D eigenvalue weighted by atomic mass is 9.87. The molecule has 1 amide bonds. The summed E-state index contributed by atoms with van der Waals surface area (Å²) in [6.45, 7) is 2.12. The Balaban J connectivity index is 1.85. The van der Waals surface area contributed by atoms with E-state index in [-0.39, 0.29) is 30.1 Å². The molecule has 1 heterocycles. The number of rotatable bonds is 11. The number of carbonyl (C=O) groups is 2. The van der Waals surface area contributed by atoms with Crippen molar-refractivity contribution in [3.8, 4) is 17.2 Å². The number of benzene rings is 2. The van der Waals surface area contributed by atoms with Gasteiger partial charge in [0.15, 0.2) is 0 Å². The normalized spacial score (nSPS) is 11.4. The average Bonchev–Trinajstić information content (AvgIpc) is 2.88. The van der Waals surface area contributed by atoms with Crippen LogP contribution in [0.5, 0.6) is 17.2 Å². The molecule has 3 rings (SSSR count). The van der Waals surface area contributed by atoms with Crippen LogP contribution in [0.15, 0.2) is 59.5 Å². The molecule has 1 aromatic heterocycles. The molecular formula is C27H30N2O7. The molecule has 0 bridgehead atoms. The summed E-state index contributed by atoms with van der Waals surface area (Å²) in [4.78, 5) is 40.5. The van der Waals surface area contributed by atoms with Gasteiger partial charge in [-0.2, -0.15) is 0 Å². The topological polar surface area (TPSA) is 127 Å². The molecule has 2 aromatic carbocycles. The van der Waals surface area contributed by atoms with Crippen LogP contribution in [0, 0.1) is 0 Å². The van der Waals surface area contributed by atoms with E-state index in [4.69, 9.17) is 14.2 Å². The number of pyridine rings is 1. The second-order valence-corrected chi connectivity index (χ2v) is 7.99. The van der Waals surface area contributed by atoms with Crippen molar-refractivity contribution in [1.82, 2.24) is 10.3 Å². The van der Waals surface area contributed by atoms with Gasteiger partial charge < -0.3 is 29.6 Å². The Morgan fingerprint density at radius 3 is 2.19 bits per heavy atom. The zero-order valence-electron chi connectivity index (χ0n) is 20.5. The fourth-order valence-corrected chi connectivity index (χ4v) is 3.84. The molecule has 9 heteroatoms. The molecule has 36 heavy (non-hydrogen) atoms. The summed E-state index contributed by atoms with van der Waals surface area (Å²) in [5, 5.41) is 13.8. The van der Waals surface area contributed by atoms with E-state index in [1.807, 2.05) is 24.3 Å². The summed E-state index contributed by atoms with van der Waals surface area (Å²) in [5.74, 6) is -1.08. The van der Waals surface area contributed by atoms with Crippen LogP contribution >= 0.6 is 0 Å². The fourth-order valence-electron chi connectivity index (χ4n) is 3.84. The van der Waals surface area contributed by atoms with Crippen molar-refractivity contribution < 1.29 is 28.9 Å². The zero-order chi connectivity index (χ0) is 26.1. The van der Waals surface area contributed by atoms with Crippen LogP contribution in [0.4, 0.5) is 0 Å². The highest BCUT2D eigenvalue weighted by molar-refractivity contribution is 5.92. The van der Waals surface area contributed by atoms with Crippen molar-refractivity contribution >= 4 is 11.9 Å². The quantitative estimate of drug-likeness (QED) is 0.350.